The molecule has 2 heterocycles. The minimum absolute atomic E-state index is 0.144. The van der Waals surface area contributed by atoms with Crippen LogP contribution in [0.25, 0.3) is 0 Å². The first kappa shape index (κ1) is 8.95. The molecule has 1 saturated heterocycles. The molecule has 0 bridgehead atoms. The van der Waals surface area contributed by atoms with E-state index in [-0.39, 0.29) is 5.92 Å². The quantitative estimate of drug-likeness (QED) is 0.664. The van der Waals surface area contributed by atoms with Gasteiger partial charge in [0.1, 0.15) is 5.82 Å². The van der Waals surface area contributed by atoms with Gasteiger partial charge >= 0.3 is 0 Å². The maximum absolute atomic E-state index is 8.84. The second-order valence-electron chi connectivity index (χ2n) is 3.48. The van der Waals surface area contributed by atoms with Crippen LogP contribution < -0.4 is 4.90 Å². The first-order valence-electron chi connectivity index (χ1n) is 4.81. The van der Waals surface area contributed by atoms with Crippen LogP contribution in [0.1, 0.15) is 12.8 Å². The Balaban J connectivity index is 2.09. The normalized spacial score (nSPS) is 21.6. The molecular weight excluding hydrogens is 176 g/mol. The predicted octanol–water partition coefficient (Wildman–Crippen LogP) is 1.22. The second kappa shape index (κ2) is 4.05. The number of anilines is 1. The number of aromatic nitrogens is 2. The summed E-state index contributed by atoms with van der Waals surface area (Å²) in [5.41, 5.74) is 0. The minimum atomic E-state index is 0.144. The molecule has 0 saturated carbocycles. The molecule has 0 N–H and O–H groups in total. The number of rotatable bonds is 1. The molecule has 4 heteroatoms. The molecule has 0 amide bonds. The average molecular weight is 188 g/mol. The van der Waals surface area contributed by atoms with Crippen molar-refractivity contribution < 1.29 is 0 Å². The lowest BCUT2D eigenvalue weighted by atomic mass is 10.00. The molecule has 14 heavy (non-hydrogen) atoms. The number of nitriles is 1. The van der Waals surface area contributed by atoms with E-state index in [9.17, 15) is 0 Å². The van der Waals surface area contributed by atoms with Gasteiger partial charge in [0.2, 0.25) is 0 Å². The van der Waals surface area contributed by atoms with E-state index in [4.69, 9.17) is 5.26 Å². The van der Waals surface area contributed by atoms with Gasteiger partial charge in [-0.25, -0.2) is 4.98 Å². The van der Waals surface area contributed by atoms with Crippen LogP contribution in [0, 0.1) is 17.2 Å². The van der Waals surface area contributed by atoms with Crippen LogP contribution in [-0.2, 0) is 0 Å². The van der Waals surface area contributed by atoms with Crippen molar-refractivity contribution >= 4 is 5.82 Å². The van der Waals surface area contributed by atoms with Gasteiger partial charge in [-0.3, -0.25) is 4.98 Å². The smallest absolute Gasteiger partial charge is 0.147 e. The van der Waals surface area contributed by atoms with Crippen molar-refractivity contribution in [1.82, 2.24) is 9.97 Å². The Labute approximate surface area is 83.2 Å². The summed E-state index contributed by atoms with van der Waals surface area (Å²) < 4.78 is 0. The lowest BCUT2D eigenvalue weighted by Gasteiger charge is -2.30. The summed E-state index contributed by atoms with van der Waals surface area (Å²) in [6, 6.07) is 2.31. The van der Waals surface area contributed by atoms with Crippen molar-refractivity contribution in [2.75, 3.05) is 18.0 Å². The fraction of sp³-hybridized carbons (Fsp3) is 0.500. The Morgan fingerprint density at radius 1 is 1.50 bits per heavy atom. The van der Waals surface area contributed by atoms with Crippen LogP contribution in [0.2, 0.25) is 0 Å². The predicted molar refractivity (Wildman–Crippen MR) is 52.6 cm³/mol. The van der Waals surface area contributed by atoms with Crippen molar-refractivity contribution in [2.24, 2.45) is 5.92 Å². The number of piperidine rings is 1. The van der Waals surface area contributed by atoms with Crippen molar-refractivity contribution in [3.05, 3.63) is 18.6 Å². The molecule has 1 aliphatic rings. The van der Waals surface area contributed by atoms with Gasteiger partial charge in [-0.15, -0.1) is 0 Å². The standard InChI is InChI=1S/C10H12N4/c11-6-9-2-1-5-14(8-9)10-7-12-3-4-13-10/h3-4,7,9H,1-2,5,8H2. The molecule has 0 aromatic carbocycles. The molecular formula is C10H12N4. The van der Waals surface area contributed by atoms with Crippen LogP contribution in [0.4, 0.5) is 5.82 Å². The van der Waals surface area contributed by atoms with Gasteiger partial charge in [0.25, 0.3) is 0 Å². The average Bonchev–Trinajstić information content (AvgIpc) is 2.30. The Bertz CT molecular complexity index is 330. The molecule has 1 fully saturated rings. The van der Waals surface area contributed by atoms with E-state index in [1.807, 2.05) is 0 Å². The maximum atomic E-state index is 8.84. The van der Waals surface area contributed by atoms with Crippen LogP contribution in [0.5, 0.6) is 0 Å². The maximum Gasteiger partial charge on any atom is 0.147 e. The van der Waals surface area contributed by atoms with Gasteiger partial charge in [0.15, 0.2) is 0 Å². The van der Waals surface area contributed by atoms with Crippen molar-refractivity contribution in [1.29, 1.82) is 5.26 Å². The molecule has 0 radical (unpaired) electrons. The van der Waals surface area contributed by atoms with Crippen molar-refractivity contribution in [3.63, 3.8) is 0 Å². The Morgan fingerprint density at radius 2 is 2.43 bits per heavy atom. The first-order chi connectivity index (χ1) is 6.90. The zero-order valence-corrected chi connectivity index (χ0v) is 7.93. The van der Waals surface area contributed by atoms with Crippen molar-refractivity contribution in [3.8, 4) is 6.07 Å². The summed E-state index contributed by atoms with van der Waals surface area (Å²) in [5, 5.41) is 8.84. The van der Waals surface area contributed by atoms with E-state index in [0.29, 0.717) is 0 Å². The van der Waals surface area contributed by atoms with Crippen LogP contribution in [-0.4, -0.2) is 23.1 Å². The highest BCUT2D eigenvalue weighted by Gasteiger charge is 2.20. The van der Waals surface area contributed by atoms with Crippen molar-refractivity contribution in [2.45, 2.75) is 12.8 Å². The second-order valence-corrected chi connectivity index (χ2v) is 3.48. The summed E-state index contributed by atoms with van der Waals surface area (Å²) in [6.07, 6.45) is 7.17. The molecule has 0 aliphatic carbocycles. The Kier molecular flexibility index (Phi) is 2.59. The molecule has 0 spiro atoms. The molecule has 1 atom stereocenters. The van der Waals surface area contributed by atoms with E-state index in [1.165, 1.54) is 0 Å². The van der Waals surface area contributed by atoms with Gasteiger partial charge in [0.05, 0.1) is 18.2 Å². The third kappa shape index (κ3) is 1.82. The van der Waals surface area contributed by atoms with Crippen LogP contribution in [0.3, 0.4) is 0 Å². The fourth-order valence-corrected chi connectivity index (χ4v) is 1.75. The summed E-state index contributed by atoms with van der Waals surface area (Å²) in [4.78, 5) is 10.4. The summed E-state index contributed by atoms with van der Waals surface area (Å²) in [6.45, 7) is 1.77. The molecule has 2 rings (SSSR count). The highest BCUT2D eigenvalue weighted by Crippen LogP contribution is 2.19. The lowest BCUT2D eigenvalue weighted by molar-refractivity contribution is 0.490. The van der Waals surface area contributed by atoms with E-state index in [0.717, 1.165) is 31.7 Å². The molecule has 1 aliphatic heterocycles. The number of hydrogen-bond donors (Lipinski definition) is 0. The molecule has 1 aromatic heterocycles. The number of hydrogen-bond acceptors (Lipinski definition) is 4. The topological polar surface area (TPSA) is 52.8 Å². The summed E-state index contributed by atoms with van der Waals surface area (Å²) in [7, 11) is 0. The minimum Gasteiger partial charge on any atom is -0.354 e. The summed E-state index contributed by atoms with van der Waals surface area (Å²) >= 11 is 0. The lowest BCUT2D eigenvalue weighted by Crippen LogP contribution is -2.35. The van der Waals surface area contributed by atoms with E-state index < -0.39 is 0 Å². The highest BCUT2D eigenvalue weighted by molar-refractivity contribution is 5.36. The largest absolute Gasteiger partial charge is 0.354 e. The molecule has 1 unspecified atom stereocenters. The van der Waals surface area contributed by atoms with Gasteiger partial charge < -0.3 is 4.90 Å². The van der Waals surface area contributed by atoms with Gasteiger partial charge in [0, 0.05) is 25.5 Å². The molecule has 72 valence electrons. The van der Waals surface area contributed by atoms with Gasteiger partial charge in [-0.2, -0.15) is 5.26 Å². The van der Waals surface area contributed by atoms with Gasteiger partial charge in [-0.05, 0) is 12.8 Å². The highest BCUT2D eigenvalue weighted by atomic mass is 15.2. The first-order valence-corrected chi connectivity index (χ1v) is 4.81. The van der Waals surface area contributed by atoms with E-state index >= 15 is 0 Å². The Hall–Kier alpha value is -1.63. The monoisotopic (exact) mass is 188 g/mol. The number of nitrogens with zero attached hydrogens (tertiary/aromatic N) is 4. The zero-order valence-electron chi connectivity index (χ0n) is 7.93. The van der Waals surface area contributed by atoms with E-state index in [1.54, 1.807) is 18.6 Å². The SMILES string of the molecule is N#CC1CCCN(c2cnccn2)C1. The molecule has 1 aromatic rings. The third-order valence-corrected chi connectivity index (χ3v) is 2.48. The van der Waals surface area contributed by atoms with E-state index in [2.05, 4.69) is 20.9 Å². The molecule has 4 nitrogen and oxygen atoms in total. The Morgan fingerprint density at radius 3 is 3.14 bits per heavy atom. The van der Waals surface area contributed by atoms with Crippen LogP contribution >= 0.6 is 0 Å². The van der Waals surface area contributed by atoms with Gasteiger partial charge in [-0.1, -0.05) is 0 Å². The zero-order chi connectivity index (χ0) is 9.80. The summed E-state index contributed by atoms with van der Waals surface area (Å²) in [5.74, 6) is 1.03. The third-order valence-electron chi connectivity index (χ3n) is 2.48. The van der Waals surface area contributed by atoms with Crippen LogP contribution in [0.15, 0.2) is 18.6 Å². The fourth-order valence-electron chi connectivity index (χ4n) is 1.75.